The number of benzene rings is 1. The minimum atomic E-state index is -1.74. The minimum Gasteiger partial charge on any atom is -0.493 e. The molecule has 2 unspecified atom stereocenters. The van der Waals surface area contributed by atoms with Crippen LogP contribution in [0.15, 0.2) is 34.7 Å². The Morgan fingerprint density at radius 2 is 1.29 bits per heavy atom. The number of allylic oxidation sites excluding steroid dienone is 2. The number of nitro groups is 1. The first-order valence-corrected chi connectivity index (χ1v) is 11.1. The number of hydrogen-bond donors (Lipinski definition) is 4. The first-order valence-electron chi connectivity index (χ1n) is 11.1. The second-order valence-electron chi connectivity index (χ2n) is 8.57. The van der Waals surface area contributed by atoms with Crippen LogP contribution < -0.4 is 9.47 Å². The summed E-state index contributed by atoms with van der Waals surface area (Å²) in [4.78, 5) is 60.8. The highest BCUT2D eigenvalue weighted by Crippen LogP contribution is 2.52. The van der Waals surface area contributed by atoms with Crippen molar-refractivity contribution in [1.29, 1.82) is 0 Å². The van der Waals surface area contributed by atoms with Gasteiger partial charge in [-0.25, -0.2) is 0 Å². The number of ether oxygens (including phenoxy) is 2. The summed E-state index contributed by atoms with van der Waals surface area (Å²) < 4.78 is 10.4. The van der Waals surface area contributed by atoms with E-state index < -0.39 is 65.1 Å². The molecule has 14 heteroatoms. The van der Waals surface area contributed by atoms with Crippen molar-refractivity contribution in [3.8, 4) is 11.5 Å². The predicted molar refractivity (Wildman–Crippen MR) is 129 cm³/mol. The zero-order valence-corrected chi connectivity index (χ0v) is 21.3. The maximum atomic E-state index is 12.4. The Morgan fingerprint density at radius 3 is 1.61 bits per heavy atom. The van der Waals surface area contributed by atoms with Crippen LogP contribution in [0.2, 0.25) is 0 Å². The summed E-state index contributed by atoms with van der Waals surface area (Å²) in [7, 11) is 3.97. The Bertz CT molecular complexity index is 1190. The fourth-order valence-electron chi connectivity index (χ4n) is 4.75. The zero-order chi connectivity index (χ0) is 29.1. The van der Waals surface area contributed by atoms with Gasteiger partial charge >= 0.3 is 23.9 Å². The van der Waals surface area contributed by atoms with Crippen molar-refractivity contribution in [2.24, 2.45) is 11.8 Å². The van der Waals surface area contributed by atoms with Gasteiger partial charge < -0.3 is 34.8 Å². The van der Waals surface area contributed by atoms with Gasteiger partial charge in [-0.05, 0) is 31.1 Å². The van der Waals surface area contributed by atoms with Crippen LogP contribution in [0.3, 0.4) is 0 Å². The van der Waals surface area contributed by atoms with E-state index in [1.54, 1.807) is 0 Å². The van der Waals surface area contributed by atoms with Crippen molar-refractivity contribution < 1.29 is 54.0 Å². The van der Waals surface area contributed by atoms with Gasteiger partial charge in [0, 0.05) is 29.9 Å². The van der Waals surface area contributed by atoms with Gasteiger partial charge in [0.1, 0.15) is 0 Å². The molecule has 0 saturated heterocycles. The number of rotatable bonds is 12. The van der Waals surface area contributed by atoms with Crippen LogP contribution in [0.25, 0.3) is 0 Å². The molecule has 0 aliphatic carbocycles. The van der Waals surface area contributed by atoms with E-state index in [9.17, 15) is 49.7 Å². The Labute approximate surface area is 216 Å². The molecular weight excluding hydrogens is 508 g/mol. The Balaban J connectivity index is 3.14. The fourth-order valence-corrected chi connectivity index (χ4v) is 4.75. The molecule has 1 aliphatic rings. The Morgan fingerprint density at radius 1 is 0.895 bits per heavy atom. The molecular formula is C24H28N2O12. The largest absolute Gasteiger partial charge is 0.493 e. The lowest BCUT2D eigenvalue weighted by Gasteiger charge is -2.41. The first kappa shape index (κ1) is 29.6. The smallest absolute Gasteiger partial charge is 0.311 e. The van der Waals surface area contributed by atoms with Crippen LogP contribution in [-0.2, 0) is 19.2 Å². The molecule has 4 N–H and O–H groups in total. The number of aliphatic carboxylic acids is 4. The number of carboxylic acid groups (broad SMARTS) is 4. The third-order valence-corrected chi connectivity index (χ3v) is 6.61. The molecule has 1 aromatic carbocycles. The van der Waals surface area contributed by atoms with Gasteiger partial charge in [0.05, 0.1) is 49.9 Å². The highest BCUT2D eigenvalue weighted by molar-refractivity contribution is 5.84. The summed E-state index contributed by atoms with van der Waals surface area (Å²) in [6.45, 7) is 2.94. The second kappa shape index (κ2) is 11.6. The van der Waals surface area contributed by atoms with E-state index in [0.29, 0.717) is 0 Å². The molecule has 206 valence electrons. The van der Waals surface area contributed by atoms with E-state index in [2.05, 4.69) is 0 Å². The molecule has 0 bridgehead atoms. The highest BCUT2D eigenvalue weighted by atomic mass is 16.6. The number of hydrogen-bond acceptors (Lipinski definition) is 9. The molecule has 0 radical (unpaired) electrons. The van der Waals surface area contributed by atoms with Crippen LogP contribution in [0.5, 0.6) is 11.5 Å². The van der Waals surface area contributed by atoms with Gasteiger partial charge in [0.2, 0.25) is 0 Å². The lowest BCUT2D eigenvalue weighted by Crippen LogP contribution is -2.37. The molecule has 2 atom stereocenters. The molecule has 1 heterocycles. The fraction of sp³-hybridized carbons (Fsp3) is 0.417. The standard InChI is InChI=1S/C24H28N2O12/c1-10-20(13(23(31)32)7-18(27)28)22(12-6-16(37-4)17(38-5)9-15(12)26(35)36)21(11(2)25(10)3)14(24(33)34)8-19(29)30/h6,9,13-14,22H,7-8H2,1-5H3,(H,27,28)(H,29,30)(H,31,32)(H,33,34). The van der Waals surface area contributed by atoms with E-state index in [0.717, 1.165) is 6.07 Å². The number of methoxy groups -OCH3 is 2. The third-order valence-electron chi connectivity index (χ3n) is 6.61. The van der Waals surface area contributed by atoms with E-state index in [-0.39, 0.29) is 39.6 Å². The van der Waals surface area contributed by atoms with E-state index in [4.69, 9.17) is 9.47 Å². The van der Waals surface area contributed by atoms with Crippen LogP contribution in [0, 0.1) is 22.0 Å². The number of carboxylic acids is 4. The summed E-state index contributed by atoms with van der Waals surface area (Å²) in [5.41, 5.74) is -0.628. The number of carbonyl (C=O) groups is 4. The summed E-state index contributed by atoms with van der Waals surface area (Å²) in [5, 5.41) is 51.2. The molecule has 1 aromatic rings. The van der Waals surface area contributed by atoms with Crippen molar-refractivity contribution >= 4 is 29.6 Å². The molecule has 38 heavy (non-hydrogen) atoms. The summed E-state index contributed by atoms with van der Waals surface area (Å²) in [6, 6.07) is 2.21. The van der Waals surface area contributed by atoms with Crippen LogP contribution >= 0.6 is 0 Å². The van der Waals surface area contributed by atoms with Gasteiger partial charge in [-0.15, -0.1) is 0 Å². The van der Waals surface area contributed by atoms with E-state index in [1.807, 2.05) is 0 Å². The summed E-state index contributed by atoms with van der Waals surface area (Å²) in [5.74, 6) is -11.1. The SMILES string of the molecule is COc1cc(C2C(C(CC(=O)O)C(=O)O)=C(C)N(C)C(C)=C2C(CC(=O)O)C(=O)O)c([N+](=O)[O-])cc1OC. The Hall–Kier alpha value is -4.62. The van der Waals surface area contributed by atoms with Crippen molar-refractivity contribution in [2.45, 2.75) is 32.6 Å². The van der Waals surface area contributed by atoms with Gasteiger partial charge in [-0.1, -0.05) is 0 Å². The van der Waals surface area contributed by atoms with Crippen molar-refractivity contribution in [3.63, 3.8) is 0 Å². The molecule has 0 saturated carbocycles. The second-order valence-corrected chi connectivity index (χ2v) is 8.57. The quantitative estimate of drug-likeness (QED) is 0.223. The number of nitrogens with zero attached hydrogens (tertiary/aromatic N) is 2. The predicted octanol–water partition coefficient (Wildman–Crippen LogP) is 2.54. The number of nitro benzene ring substituents is 1. The zero-order valence-electron chi connectivity index (χ0n) is 21.3. The first-order chi connectivity index (χ1) is 17.7. The molecule has 1 aliphatic heterocycles. The topological polar surface area (TPSA) is 214 Å². The molecule has 0 amide bonds. The van der Waals surface area contributed by atoms with Crippen molar-refractivity contribution in [3.05, 3.63) is 50.4 Å². The average Bonchev–Trinajstić information content (AvgIpc) is 2.83. The van der Waals surface area contributed by atoms with Crippen molar-refractivity contribution in [1.82, 2.24) is 4.90 Å². The average molecular weight is 536 g/mol. The Kier molecular flexibility index (Phi) is 9.06. The van der Waals surface area contributed by atoms with Gasteiger partial charge in [-0.3, -0.25) is 29.3 Å². The molecule has 0 aromatic heterocycles. The summed E-state index contributed by atoms with van der Waals surface area (Å²) >= 11 is 0. The maximum Gasteiger partial charge on any atom is 0.311 e. The van der Waals surface area contributed by atoms with Crippen molar-refractivity contribution in [2.75, 3.05) is 21.3 Å². The third kappa shape index (κ3) is 5.68. The maximum absolute atomic E-state index is 12.4. The minimum absolute atomic E-state index is 0.00347. The van der Waals surface area contributed by atoms with Gasteiger partial charge in [0.15, 0.2) is 11.5 Å². The van der Waals surface area contributed by atoms with E-state index in [1.165, 1.54) is 46.1 Å². The molecule has 2 rings (SSSR count). The molecule has 14 nitrogen and oxygen atoms in total. The lowest BCUT2D eigenvalue weighted by atomic mass is 9.69. The van der Waals surface area contributed by atoms with Gasteiger partial charge in [-0.2, -0.15) is 0 Å². The van der Waals surface area contributed by atoms with E-state index >= 15 is 0 Å². The van der Waals surface area contributed by atoms with Gasteiger partial charge in [0.25, 0.3) is 5.69 Å². The van der Waals surface area contributed by atoms with Crippen LogP contribution in [-0.4, -0.2) is 75.4 Å². The molecule has 0 fully saturated rings. The normalized spacial score (nSPS) is 17.1. The summed E-state index contributed by atoms with van der Waals surface area (Å²) in [6.07, 6.45) is -1.84. The lowest BCUT2D eigenvalue weighted by molar-refractivity contribution is -0.385. The monoisotopic (exact) mass is 536 g/mol. The van der Waals surface area contributed by atoms with Crippen LogP contribution in [0.1, 0.15) is 38.2 Å². The highest BCUT2D eigenvalue weighted by Gasteiger charge is 2.46. The van der Waals surface area contributed by atoms with Crippen LogP contribution in [0.4, 0.5) is 5.69 Å². The molecule has 0 spiro atoms.